The molecule has 0 spiro atoms. The van der Waals surface area contributed by atoms with Crippen molar-refractivity contribution in [2.45, 2.75) is 6.10 Å². The largest absolute Gasteiger partial charge is 0.479 e. The van der Waals surface area contributed by atoms with Gasteiger partial charge in [-0.15, -0.1) is 0 Å². The van der Waals surface area contributed by atoms with Crippen molar-refractivity contribution in [2.75, 3.05) is 0 Å². The molecule has 1 atom stereocenters. The molecule has 8 heteroatoms. The van der Waals surface area contributed by atoms with Crippen molar-refractivity contribution in [3.05, 3.63) is 34.6 Å². The van der Waals surface area contributed by atoms with E-state index in [2.05, 4.69) is 0 Å². The van der Waals surface area contributed by atoms with Gasteiger partial charge in [-0.3, -0.25) is 0 Å². The van der Waals surface area contributed by atoms with Crippen LogP contribution in [0, 0.1) is 17.5 Å². The fraction of sp³-hybridized carbons (Fsp3) is 0.111. The molecule has 0 amide bonds. The van der Waals surface area contributed by atoms with Crippen molar-refractivity contribution in [3.8, 4) is 0 Å². The van der Waals surface area contributed by atoms with Crippen LogP contribution in [0.25, 0.3) is 0 Å². The predicted molar refractivity (Wildman–Crippen MR) is 45.9 cm³/mol. The fourth-order valence-corrected chi connectivity index (χ4v) is 1.14. The smallest absolute Gasteiger partial charge is 0.341 e. The van der Waals surface area contributed by atoms with Gasteiger partial charge in [-0.2, -0.15) is 0 Å². The second-order valence-electron chi connectivity index (χ2n) is 3.00. The average Bonchev–Trinajstić information content (AvgIpc) is 2.21. The van der Waals surface area contributed by atoms with Crippen LogP contribution in [-0.4, -0.2) is 27.3 Å². The quantitative estimate of drug-likeness (QED) is 0.693. The van der Waals surface area contributed by atoms with E-state index in [1.54, 1.807) is 0 Å². The second kappa shape index (κ2) is 4.42. The highest BCUT2D eigenvalue weighted by atomic mass is 19.2. The van der Waals surface area contributed by atoms with E-state index in [-0.39, 0.29) is 6.07 Å². The molecule has 3 N–H and O–H groups in total. The number of aromatic carboxylic acids is 1. The van der Waals surface area contributed by atoms with Crippen LogP contribution in [0.4, 0.5) is 13.2 Å². The molecular formula is C9H5F3O5. The van der Waals surface area contributed by atoms with Crippen LogP contribution in [-0.2, 0) is 4.79 Å². The van der Waals surface area contributed by atoms with Gasteiger partial charge in [0.25, 0.3) is 0 Å². The number of aliphatic carboxylic acids is 1. The fourth-order valence-electron chi connectivity index (χ4n) is 1.14. The Morgan fingerprint density at radius 3 is 2.06 bits per heavy atom. The van der Waals surface area contributed by atoms with E-state index in [0.717, 1.165) is 0 Å². The minimum Gasteiger partial charge on any atom is -0.479 e. The number of halogens is 3. The number of aliphatic hydroxyl groups excluding tert-OH is 1. The average molecular weight is 250 g/mol. The van der Waals surface area contributed by atoms with Crippen LogP contribution in [0.5, 0.6) is 0 Å². The molecule has 17 heavy (non-hydrogen) atoms. The Bertz CT molecular complexity index is 500. The summed E-state index contributed by atoms with van der Waals surface area (Å²) in [6.07, 6.45) is -2.48. The maximum atomic E-state index is 13.2. The van der Waals surface area contributed by atoms with Crippen molar-refractivity contribution >= 4 is 11.9 Å². The Hall–Kier alpha value is -2.09. The Labute approximate surface area is 91.7 Å². The Morgan fingerprint density at radius 1 is 1.12 bits per heavy atom. The summed E-state index contributed by atoms with van der Waals surface area (Å²) in [5, 5.41) is 25.7. The molecule has 1 unspecified atom stereocenters. The number of carboxylic acid groups (broad SMARTS) is 2. The van der Waals surface area contributed by atoms with Gasteiger partial charge in [0.1, 0.15) is 11.4 Å². The Balaban J connectivity index is 3.49. The minimum absolute atomic E-state index is 0.126. The highest BCUT2D eigenvalue weighted by Gasteiger charge is 2.29. The molecule has 0 aromatic heterocycles. The number of carbonyl (C=O) groups is 2. The molecule has 0 heterocycles. The number of hydrogen-bond acceptors (Lipinski definition) is 3. The SMILES string of the molecule is O=C(O)c1c(F)cc(C(O)C(=O)O)c(F)c1F. The topological polar surface area (TPSA) is 94.8 Å². The molecule has 0 saturated carbocycles. The molecule has 0 bridgehead atoms. The van der Waals surface area contributed by atoms with Crippen molar-refractivity contribution in [1.29, 1.82) is 0 Å². The van der Waals surface area contributed by atoms with Crippen LogP contribution in [0.15, 0.2) is 6.07 Å². The third-order valence-electron chi connectivity index (χ3n) is 1.93. The lowest BCUT2D eigenvalue weighted by Crippen LogP contribution is -2.16. The minimum atomic E-state index is -2.48. The van der Waals surface area contributed by atoms with Crippen molar-refractivity contribution in [3.63, 3.8) is 0 Å². The van der Waals surface area contributed by atoms with Gasteiger partial charge in [-0.05, 0) is 6.07 Å². The van der Waals surface area contributed by atoms with E-state index in [9.17, 15) is 22.8 Å². The van der Waals surface area contributed by atoms with E-state index < -0.39 is 46.6 Å². The third kappa shape index (κ3) is 2.21. The molecule has 0 saturated heterocycles. The lowest BCUT2D eigenvalue weighted by molar-refractivity contribution is -0.147. The highest BCUT2D eigenvalue weighted by molar-refractivity contribution is 5.88. The first-order valence-electron chi connectivity index (χ1n) is 4.09. The van der Waals surface area contributed by atoms with Crippen LogP contribution < -0.4 is 0 Å². The summed E-state index contributed by atoms with van der Waals surface area (Å²) < 4.78 is 39.4. The monoisotopic (exact) mass is 250 g/mol. The maximum absolute atomic E-state index is 13.2. The van der Waals surface area contributed by atoms with Gasteiger partial charge in [-0.1, -0.05) is 0 Å². The summed E-state index contributed by atoms with van der Waals surface area (Å²) in [5.74, 6) is -9.63. The third-order valence-corrected chi connectivity index (χ3v) is 1.93. The van der Waals surface area contributed by atoms with Gasteiger partial charge in [-0.25, -0.2) is 22.8 Å². The molecule has 5 nitrogen and oxygen atoms in total. The van der Waals surface area contributed by atoms with E-state index in [1.165, 1.54) is 0 Å². The molecule has 0 aliphatic carbocycles. The number of rotatable bonds is 3. The summed E-state index contributed by atoms with van der Waals surface area (Å²) >= 11 is 0. The summed E-state index contributed by atoms with van der Waals surface area (Å²) in [6, 6.07) is 0.126. The van der Waals surface area contributed by atoms with E-state index >= 15 is 0 Å². The molecule has 0 radical (unpaired) electrons. The van der Waals surface area contributed by atoms with Crippen molar-refractivity contribution in [2.24, 2.45) is 0 Å². The number of carboxylic acids is 2. The lowest BCUT2D eigenvalue weighted by atomic mass is 10.0. The molecular weight excluding hydrogens is 245 g/mol. The summed E-state index contributed by atoms with van der Waals surface area (Å²) in [5.41, 5.74) is -2.73. The number of benzene rings is 1. The highest BCUT2D eigenvalue weighted by Crippen LogP contribution is 2.25. The molecule has 0 fully saturated rings. The number of aliphatic hydroxyl groups is 1. The summed E-state index contributed by atoms with van der Waals surface area (Å²) in [7, 11) is 0. The second-order valence-corrected chi connectivity index (χ2v) is 3.00. The zero-order valence-corrected chi connectivity index (χ0v) is 7.95. The van der Waals surface area contributed by atoms with Crippen molar-refractivity contribution in [1.82, 2.24) is 0 Å². The first-order valence-corrected chi connectivity index (χ1v) is 4.09. The molecule has 0 aliphatic rings. The first kappa shape index (κ1) is 13.0. The van der Waals surface area contributed by atoms with Crippen LogP contribution >= 0.6 is 0 Å². The summed E-state index contributed by atoms with van der Waals surface area (Å²) in [6.45, 7) is 0. The van der Waals surface area contributed by atoms with Gasteiger partial charge in [0.05, 0.1) is 0 Å². The van der Waals surface area contributed by atoms with Crippen LogP contribution in [0.1, 0.15) is 22.0 Å². The Kier molecular flexibility index (Phi) is 3.37. The van der Waals surface area contributed by atoms with Gasteiger partial charge in [0.15, 0.2) is 17.7 Å². The normalized spacial score (nSPS) is 12.2. The maximum Gasteiger partial charge on any atom is 0.341 e. The molecule has 1 rings (SSSR count). The molecule has 92 valence electrons. The molecule has 1 aromatic carbocycles. The van der Waals surface area contributed by atoms with E-state index in [4.69, 9.17) is 15.3 Å². The Morgan fingerprint density at radius 2 is 1.65 bits per heavy atom. The zero-order valence-electron chi connectivity index (χ0n) is 7.95. The lowest BCUT2D eigenvalue weighted by Gasteiger charge is -2.09. The van der Waals surface area contributed by atoms with E-state index in [0.29, 0.717) is 0 Å². The zero-order chi connectivity index (χ0) is 13.3. The van der Waals surface area contributed by atoms with Crippen LogP contribution in [0.3, 0.4) is 0 Å². The standard InChI is InChI=1S/C9H5F3O5/c10-3-1-2(7(13)9(16)17)5(11)6(12)4(3)8(14)15/h1,7,13H,(H,14,15)(H,16,17). The van der Waals surface area contributed by atoms with Crippen LogP contribution in [0.2, 0.25) is 0 Å². The first-order chi connectivity index (χ1) is 7.77. The van der Waals surface area contributed by atoms with Crippen molar-refractivity contribution < 1.29 is 38.1 Å². The van der Waals surface area contributed by atoms with Gasteiger partial charge >= 0.3 is 11.9 Å². The molecule has 1 aromatic rings. The van der Waals surface area contributed by atoms with E-state index in [1.807, 2.05) is 0 Å². The number of hydrogen-bond donors (Lipinski definition) is 3. The van der Waals surface area contributed by atoms with Gasteiger partial charge < -0.3 is 15.3 Å². The van der Waals surface area contributed by atoms with Gasteiger partial charge in [0.2, 0.25) is 0 Å². The predicted octanol–water partition coefficient (Wildman–Crippen LogP) is 0.920. The molecule has 0 aliphatic heterocycles. The van der Waals surface area contributed by atoms with Gasteiger partial charge in [0, 0.05) is 5.56 Å². The summed E-state index contributed by atoms with van der Waals surface area (Å²) in [4.78, 5) is 20.7.